The monoisotopic (exact) mass is 462 g/mol. The molecule has 12 heteroatoms. The van der Waals surface area contributed by atoms with E-state index in [1.807, 2.05) is 4.90 Å². The summed E-state index contributed by atoms with van der Waals surface area (Å²) in [5.41, 5.74) is 1.78. The van der Waals surface area contributed by atoms with E-state index in [4.69, 9.17) is 9.47 Å². The third-order valence-electron chi connectivity index (χ3n) is 5.35. The molecule has 1 aromatic heterocycles. The van der Waals surface area contributed by atoms with Crippen LogP contribution in [0.4, 0.5) is 29.9 Å². The average Bonchev–Trinajstić information content (AvgIpc) is 3.26. The van der Waals surface area contributed by atoms with Crippen LogP contribution in [0.2, 0.25) is 0 Å². The van der Waals surface area contributed by atoms with Gasteiger partial charge in [0.2, 0.25) is 0 Å². The van der Waals surface area contributed by atoms with E-state index in [-0.39, 0.29) is 30.2 Å². The van der Waals surface area contributed by atoms with E-state index in [1.54, 1.807) is 0 Å². The standard InChI is InChI=1S/C21H24F2N6O4/c1-32-21(31)29-11-15-17(12-29)26-18(27-19(15)28-6-8-33-9-7-28)14-3-2-13(10-16(14)23)25-20(30)24-5-4-22/h2-3,10H,4-9,11-12H2,1H3,(H2,24,25,30). The number of aromatic nitrogens is 2. The molecular weight excluding hydrogens is 438 g/mol. The molecule has 2 aliphatic heterocycles. The summed E-state index contributed by atoms with van der Waals surface area (Å²) >= 11 is 0. The summed E-state index contributed by atoms with van der Waals surface area (Å²) in [7, 11) is 1.31. The first-order valence-corrected chi connectivity index (χ1v) is 10.5. The van der Waals surface area contributed by atoms with Gasteiger partial charge < -0.3 is 25.0 Å². The quantitative estimate of drug-likeness (QED) is 0.702. The number of rotatable bonds is 5. The van der Waals surface area contributed by atoms with Crippen molar-refractivity contribution in [1.29, 1.82) is 0 Å². The number of amides is 3. The molecule has 0 radical (unpaired) electrons. The first kappa shape index (κ1) is 22.6. The summed E-state index contributed by atoms with van der Waals surface area (Å²) in [6, 6.07) is 3.50. The Morgan fingerprint density at radius 3 is 2.70 bits per heavy atom. The second kappa shape index (κ2) is 9.94. The Morgan fingerprint density at radius 2 is 2.00 bits per heavy atom. The van der Waals surface area contributed by atoms with Crippen molar-refractivity contribution in [3.63, 3.8) is 0 Å². The minimum absolute atomic E-state index is 0.137. The number of carbonyl (C=O) groups excluding carboxylic acids is 2. The van der Waals surface area contributed by atoms with Crippen molar-refractivity contribution >= 4 is 23.6 Å². The van der Waals surface area contributed by atoms with Gasteiger partial charge in [-0.05, 0) is 18.2 Å². The molecule has 10 nitrogen and oxygen atoms in total. The molecule has 2 N–H and O–H groups in total. The lowest BCUT2D eigenvalue weighted by molar-refractivity contribution is 0.121. The Morgan fingerprint density at radius 1 is 1.21 bits per heavy atom. The van der Waals surface area contributed by atoms with Crippen molar-refractivity contribution in [2.24, 2.45) is 0 Å². The van der Waals surface area contributed by atoms with Crippen molar-refractivity contribution in [3.8, 4) is 11.4 Å². The predicted molar refractivity (Wildman–Crippen MR) is 115 cm³/mol. The van der Waals surface area contributed by atoms with Crippen molar-refractivity contribution in [1.82, 2.24) is 20.2 Å². The molecule has 3 amide bonds. The number of nitrogens with zero attached hydrogens (tertiary/aromatic N) is 4. The molecule has 2 aliphatic rings. The molecule has 176 valence electrons. The molecule has 0 aliphatic carbocycles. The van der Waals surface area contributed by atoms with Gasteiger partial charge in [-0.3, -0.25) is 4.90 Å². The molecule has 1 fully saturated rings. The summed E-state index contributed by atoms with van der Waals surface area (Å²) in [5, 5.41) is 4.75. The largest absolute Gasteiger partial charge is 0.453 e. The Bertz CT molecular complexity index is 1050. The molecule has 0 unspecified atom stereocenters. The van der Waals surface area contributed by atoms with E-state index in [0.717, 1.165) is 11.6 Å². The lowest BCUT2D eigenvalue weighted by Crippen LogP contribution is -2.37. The van der Waals surface area contributed by atoms with Crippen LogP contribution in [0.5, 0.6) is 0 Å². The van der Waals surface area contributed by atoms with Gasteiger partial charge in [0.15, 0.2) is 5.82 Å². The zero-order chi connectivity index (χ0) is 23.4. The lowest BCUT2D eigenvalue weighted by atomic mass is 10.1. The van der Waals surface area contributed by atoms with Crippen LogP contribution in [0, 0.1) is 5.82 Å². The van der Waals surface area contributed by atoms with Crippen LogP contribution in [-0.2, 0) is 22.6 Å². The second-order valence-electron chi connectivity index (χ2n) is 7.49. The van der Waals surface area contributed by atoms with Gasteiger partial charge >= 0.3 is 12.1 Å². The number of halogens is 2. The normalized spacial score (nSPS) is 15.2. The SMILES string of the molecule is COC(=O)N1Cc2nc(-c3ccc(NC(=O)NCCF)cc3F)nc(N3CCOCC3)c2C1. The van der Waals surface area contributed by atoms with Gasteiger partial charge in [-0.25, -0.2) is 28.3 Å². The topological polar surface area (TPSA) is 109 Å². The summed E-state index contributed by atoms with van der Waals surface area (Å²) in [6.45, 7) is 1.99. The predicted octanol–water partition coefficient (Wildman–Crippen LogP) is 2.29. The van der Waals surface area contributed by atoms with Crippen LogP contribution < -0.4 is 15.5 Å². The van der Waals surface area contributed by atoms with Gasteiger partial charge in [-0.15, -0.1) is 0 Å². The second-order valence-corrected chi connectivity index (χ2v) is 7.49. The molecule has 3 heterocycles. The molecule has 4 rings (SSSR count). The number of alkyl halides is 1. The van der Waals surface area contributed by atoms with E-state index < -0.39 is 24.6 Å². The van der Waals surface area contributed by atoms with Crippen LogP contribution >= 0.6 is 0 Å². The van der Waals surface area contributed by atoms with Crippen molar-refractivity contribution in [2.75, 3.05) is 56.8 Å². The van der Waals surface area contributed by atoms with Crippen LogP contribution in [0.25, 0.3) is 11.4 Å². The number of nitrogens with one attached hydrogen (secondary N) is 2. The average molecular weight is 462 g/mol. The number of benzene rings is 1. The molecular formula is C21H24F2N6O4. The maximum atomic E-state index is 15.0. The third kappa shape index (κ3) is 4.95. The number of carbonyl (C=O) groups is 2. The number of ether oxygens (including phenoxy) is 2. The number of urea groups is 1. The minimum atomic E-state index is -0.699. The van der Waals surface area contributed by atoms with Crippen molar-refractivity contribution in [3.05, 3.63) is 35.3 Å². The van der Waals surface area contributed by atoms with E-state index >= 15 is 0 Å². The first-order chi connectivity index (χ1) is 16.0. The molecule has 0 bridgehead atoms. The van der Waals surface area contributed by atoms with E-state index in [2.05, 4.69) is 20.6 Å². The van der Waals surface area contributed by atoms with E-state index in [9.17, 15) is 18.4 Å². The molecule has 0 saturated carbocycles. The van der Waals surface area contributed by atoms with Gasteiger partial charge in [-0.2, -0.15) is 0 Å². The van der Waals surface area contributed by atoms with Crippen LogP contribution in [0.3, 0.4) is 0 Å². The Balaban J connectivity index is 1.65. The van der Waals surface area contributed by atoms with Gasteiger partial charge in [0.1, 0.15) is 18.3 Å². The van der Waals surface area contributed by atoms with Gasteiger partial charge in [0.25, 0.3) is 0 Å². The van der Waals surface area contributed by atoms with Crippen LogP contribution in [-0.4, -0.2) is 73.6 Å². The number of anilines is 2. The highest BCUT2D eigenvalue weighted by Gasteiger charge is 2.31. The summed E-state index contributed by atoms with van der Waals surface area (Å²) in [5.74, 6) is 0.179. The molecule has 0 atom stereocenters. The van der Waals surface area contributed by atoms with Crippen molar-refractivity contribution in [2.45, 2.75) is 13.1 Å². The maximum absolute atomic E-state index is 15.0. The highest BCUT2D eigenvalue weighted by molar-refractivity contribution is 5.89. The number of hydrogen-bond acceptors (Lipinski definition) is 7. The molecule has 2 aromatic rings. The third-order valence-corrected chi connectivity index (χ3v) is 5.35. The summed E-state index contributed by atoms with van der Waals surface area (Å²) < 4.78 is 37.5. The summed E-state index contributed by atoms with van der Waals surface area (Å²) in [6.07, 6.45) is -0.477. The highest BCUT2D eigenvalue weighted by atomic mass is 19.1. The van der Waals surface area contributed by atoms with E-state index in [0.29, 0.717) is 44.4 Å². The lowest BCUT2D eigenvalue weighted by Gasteiger charge is -2.29. The molecule has 0 spiro atoms. The fourth-order valence-corrected chi connectivity index (χ4v) is 3.76. The van der Waals surface area contributed by atoms with Gasteiger partial charge in [0.05, 0.1) is 44.7 Å². The zero-order valence-electron chi connectivity index (χ0n) is 18.1. The molecule has 1 aromatic carbocycles. The number of fused-ring (bicyclic) bond motifs is 1. The van der Waals surface area contributed by atoms with Gasteiger partial charge in [-0.1, -0.05) is 0 Å². The molecule has 33 heavy (non-hydrogen) atoms. The van der Waals surface area contributed by atoms with Gasteiger partial charge in [0, 0.05) is 30.9 Å². The number of morpholine rings is 1. The Labute approximate surface area is 188 Å². The van der Waals surface area contributed by atoms with Crippen LogP contribution in [0.1, 0.15) is 11.3 Å². The fourth-order valence-electron chi connectivity index (χ4n) is 3.76. The van der Waals surface area contributed by atoms with E-state index in [1.165, 1.54) is 24.1 Å². The molecule has 1 saturated heterocycles. The first-order valence-electron chi connectivity index (χ1n) is 10.5. The summed E-state index contributed by atoms with van der Waals surface area (Å²) in [4.78, 5) is 36.5. The highest BCUT2D eigenvalue weighted by Crippen LogP contribution is 2.33. The number of hydrogen-bond donors (Lipinski definition) is 2. The smallest absolute Gasteiger partial charge is 0.410 e. The zero-order valence-corrected chi connectivity index (χ0v) is 18.1. The minimum Gasteiger partial charge on any atom is -0.453 e. The Hall–Kier alpha value is -3.54. The maximum Gasteiger partial charge on any atom is 0.410 e. The van der Waals surface area contributed by atoms with Crippen LogP contribution in [0.15, 0.2) is 18.2 Å². The number of methoxy groups -OCH3 is 1. The fraction of sp³-hybridized carbons (Fsp3) is 0.429. The Kier molecular flexibility index (Phi) is 6.82. The van der Waals surface area contributed by atoms with Crippen molar-refractivity contribution < 1.29 is 27.8 Å².